The number of nitrogens with zero attached hydrogens (tertiary/aromatic N) is 1. The van der Waals surface area contributed by atoms with Crippen molar-refractivity contribution >= 4 is 17.2 Å². The molecule has 1 aliphatic heterocycles. The van der Waals surface area contributed by atoms with E-state index in [1.807, 2.05) is 16.2 Å². The minimum absolute atomic E-state index is 0.234. The van der Waals surface area contributed by atoms with Crippen molar-refractivity contribution < 1.29 is 4.79 Å². The van der Waals surface area contributed by atoms with Crippen molar-refractivity contribution in [3.63, 3.8) is 0 Å². The Morgan fingerprint density at radius 1 is 1.59 bits per heavy atom. The first-order valence-electron chi connectivity index (χ1n) is 6.35. The molecule has 0 fully saturated rings. The second-order valence-electron chi connectivity index (χ2n) is 4.46. The molecular weight excluding hydrogens is 232 g/mol. The highest BCUT2D eigenvalue weighted by Crippen LogP contribution is 2.23. The lowest BCUT2D eigenvalue weighted by Gasteiger charge is -2.27. The van der Waals surface area contributed by atoms with Gasteiger partial charge in [0.2, 0.25) is 5.91 Å². The first kappa shape index (κ1) is 12.6. The van der Waals surface area contributed by atoms with Gasteiger partial charge in [-0.2, -0.15) is 0 Å². The molecule has 0 saturated heterocycles. The van der Waals surface area contributed by atoms with Crippen LogP contribution < -0.4 is 5.32 Å². The summed E-state index contributed by atoms with van der Waals surface area (Å²) in [5.41, 5.74) is 1.34. The van der Waals surface area contributed by atoms with E-state index in [-0.39, 0.29) is 5.91 Å². The van der Waals surface area contributed by atoms with E-state index in [1.165, 1.54) is 16.9 Å². The third-order valence-corrected chi connectivity index (χ3v) is 4.17. The van der Waals surface area contributed by atoms with E-state index in [4.69, 9.17) is 0 Å². The highest BCUT2D eigenvalue weighted by Gasteiger charge is 2.20. The Morgan fingerprint density at radius 2 is 2.47 bits per heavy atom. The molecule has 0 aliphatic carbocycles. The Morgan fingerprint density at radius 3 is 3.29 bits per heavy atom. The summed E-state index contributed by atoms with van der Waals surface area (Å²) >= 11 is 1.81. The number of hydrogen-bond acceptors (Lipinski definition) is 3. The van der Waals surface area contributed by atoms with Gasteiger partial charge in [0.1, 0.15) is 0 Å². The average Bonchev–Trinajstić information content (AvgIpc) is 2.81. The van der Waals surface area contributed by atoms with Gasteiger partial charge in [0, 0.05) is 18.0 Å². The quantitative estimate of drug-likeness (QED) is 0.813. The van der Waals surface area contributed by atoms with Gasteiger partial charge in [0.15, 0.2) is 0 Å². The van der Waals surface area contributed by atoms with E-state index >= 15 is 0 Å². The Kier molecular flexibility index (Phi) is 4.57. The zero-order chi connectivity index (χ0) is 12.1. The van der Waals surface area contributed by atoms with Crippen molar-refractivity contribution in [1.82, 2.24) is 10.2 Å². The Balaban J connectivity index is 1.78. The Hall–Kier alpha value is -0.870. The molecule has 4 heteroatoms. The average molecular weight is 252 g/mol. The maximum absolute atomic E-state index is 12.0. The Labute approximate surface area is 107 Å². The van der Waals surface area contributed by atoms with Crippen LogP contribution in [-0.4, -0.2) is 30.4 Å². The molecule has 0 spiro atoms. The number of carbonyl (C=O) groups is 1. The van der Waals surface area contributed by atoms with Crippen molar-refractivity contribution in [3.8, 4) is 0 Å². The molecule has 3 nitrogen and oxygen atoms in total. The second-order valence-corrected chi connectivity index (χ2v) is 5.47. The number of hydrogen-bond donors (Lipinski definition) is 1. The van der Waals surface area contributed by atoms with E-state index < -0.39 is 0 Å². The normalized spacial score (nSPS) is 14.8. The van der Waals surface area contributed by atoms with Crippen molar-refractivity contribution in [3.05, 3.63) is 21.9 Å². The molecule has 0 radical (unpaired) electrons. The molecule has 0 bridgehead atoms. The van der Waals surface area contributed by atoms with Crippen LogP contribution in [0.2, 0.25) is 0 Å². The fourth-order valence-corrected chi connectivity index (χ4v) is 2.96. The van der Waals surface area contributed by atoms with Gasteiger partial charge in [-0.1, -0.05) is 13.3 Å². The lowest BCUT2D eigenvalue weighted by atomic mass is 10.1. The largest absolute Gasteiger partial charge is 0.337 e. The lowest BCUT2D eigenvalue weighted by Crippen LogP contribution is -2.40. The molecule has 2 rings (SSSR count). The zero-order valence-corrected chi connectivity index (χ0v) is 11.2. The molecule has 0 aromatic carbocycles. The van der Waals surface area contributed by atoms with Crippen LogP contribution in [0.25, 0.3) is 0 Å². The summed E-state index contributed by atoms with van der Waals surface area (Å²) in [7, 11) is 0. The van der Waals surface area contributed by atoms with Crippen LogP contribution in [0, 0.1) is 0 Å². The van der Waals surface area contributed by atoms with Crippen LogP contribution in [-0.2, 0) is 17.8 Å². The number of unbranched alkanes of at least 4 members (excludes halogenated alkanes) is 1. The Bertz CT molecular complexity index is 375. The minimum Gasteiger partial charge on any atom is -0.337 e. The highest BCUT2D eigenvalue weighted by atomic mass is 32.1. The van der Waals surface area contributed by atoms with Crippen molar-refractivity contribution in [2.45, 2.75) is 32.7 Å². The van der Waals surface area contributed by atoms with E-state index in [9.17, 15) is 4.79 Å². The van der Waals surface area contributed by atoms with Gasteiger partial charge >= 0.3 is 0 Å². The maximum atomic E-state index is 12.0. The topological polar surface area (TPSA) is 32.3 Å². The lowest BCUT2D eigenvalue weighted by molar-refractivity contribution is -0.131. The summed E-state index contributed by atoms with van der Waals surface area (Å²) in [4.78, 5) is 15.4. The molecule has 1 aromatic rings. The molecule has 1 aliphatic rings. The molecular formula is C13H20N2OS. The molecule has 1 amide bonds. The van der Waals surface area contributed by atoms with E-state index in [2.05, 4.69) is 23.7 Å². The van der Waals surface area contributed by atoms with E-state index in [0.29, 0.717) is 6.54 Å². The standard InChI is InChI=1S/C13H20N2OS/c1-2-3-6-14-9-13(16)15-7-4-12-11(10-15)5-8-17-12/h5,8,14H,2-4,6-7,9-10H2,1H3. The minimum atomic E-state index is 0.234. The van der Waals surface area contributed by atoms with Crippen LogP contribution in [0.3, 0.4) is 0 Å². The summed E-state index contributed by atoms with van der Waals surface area (Å²) in [6.45, 7) is 5.26. The summed E-state index contributed by atoms with van der Waals surface area (Å²) in [5, 5.41) is 5.34. The van der Waals surface area contributed by atoms with E-state index in [0.717, 1.165) is 32.5 Å². The van der Waals surface area contributed by atoms with Crippen molar-refractivity contribution in [1.29, 1.82) is 0 Å². The smallest absolute Gasteiger partial charge is 0.236 e. The number of rotatable bonds is 5. The van der Waals surface area contributed by atoms with E-state index in [1.54, 1.807) is 0 Å². The zero-order valence-electron chi connectivity index (χ0n) is 10.4. The number of carbonyl (C=O) groups excluding carboxylic acids is 1. The number of fused-ring (bicyclic) bond motifs is 1. The van der Waals surface area contributed by atoms with Crippen molar-refractivity contribution in [2.24, 2.45) is 0 Å². The third-order valence-electron chi connectivity index (χ3n) is 3.14. The number of thiophene rings is 1. The van der Waals surface area contributed by atoms with Gasteiger partial charge in [-0.3, -0.25) is 4.79 Å². The second kappa shape index (κ2) is 6.17. The van der Waals surface area contributed by atoms with Gasteiger partial charge in [-0.15, -0.1) is 11.3 Å². The molecule has 0 atom stereocenters. The summed E-state index contributed by atoms with van der Waals surface area (Å²) in [6.07, 6.45) is 3.33. The summed E-state index contributed by atoms with van der Waals surface area (Å²) in [5.74, 6) is 0.234. The molecule has 1 N–H and O–H groups in total. The third kappa shape index (κ3) is 3.30. The van der Waals surface area contributed by atoms with Crippen LogP contribution in [0.5, 0.6) is 0 Å². The first-order chi connectivity index (χ1) is 8.31. The van der Waals surface area contributed by atoms with Crippen LogP contribution in [0.1, 0.15) is 30.2 Å². The van der Waals surface area contributed by atoms with Gasteiger partial charge in [0.25, 0.3) is 0 Å². The fourth-order valence-electron chi connectivity index (χ4n) is 2.07. The fraction of sp³-hybridized carbons (Fsp3) is 0.615. The van der Waals surface area contributed by atoms with Crippen LogP contribution >= 0.6 is 11.3 Å². The van der Waals surface area contributed by atoms with Gasteiger partial charge in [0.05, 0.1) is 6.54 Å². The van der Waals surface area contributed by atoms with Crippen LogP contribution in [0.4, 0.5) is 0 Å². The van der Waals surface area contributed by atoms with Crippen LogP contribution in [0.15, 0.2) is 11.4 Å². The summed E-state index contributed by atoms with van der Waals surface area (Å²) in [6, 6.07) is 2.14. The molecule has 0 unspecified atom stereocenters. The van der Waals surface area contributed by atoms with Crippen molar-refractivity contribution in [2.75, 3.05) is 19.6 Å². The molecule has 0 saturated carbocycles. The van der Waals surface area contributed by atoms with Gasteiger partial charge in [-0.05, 0) is 36.4 Å². The SMILES string of the molecule is CCCCNCC(=O)N1CCc2sccc2C1. The molecule has 94 valence electrons. The van der Waals surface area contributed by atoms with Gasteiger partial charge < -0.3 is 10.2 Å². The molecule has 2 heterocycles. The highest BCUT2D eigenvalue weighted by molar-refractivity contribution is 7.10. The number of nitrogens with one attached hydrogen (secondary N) is 1. The predicted molar refractivity (Wildman–Crippen MR) is 71.2 cm³/mol. The summed E-state index contributed by atoms with van der Waals surface area (Å²) < 4.78 is 0. The molecule has 17 heavy (non-hydrogen) atoms. The predicted octanol–water partition coefficient (Wildman–Crippen LogP) is 2.02. The molecule has 1 aromatic heterocycles. The monoisotopic (exact) mass is 252 g/mol. The maximum Gasteiger partial charge on any atom is 0.236 e. The first-order valence-corrected chi connectivity index (χ1v) is 7.23. The van der Waals surface area contributed by atoms with Gasteiger partial charge in [-0.25, -0.2) is 0 Å². The number of amides is 1.